The third-order valence-electron chi connectivity index (χ3n) is 4.26. The van der Waals surface area contributed by atoms with Crippen molar-refractivity contribution >= 4 is 11.3 Å². The second-order valence-electron chi connectivity index (χ2n) is 5.53. The number of rotatable bonds is 5. The van der Waals surface area contributed by atoms with Crippen molar-refractivity contribution in [1.29, 1.82) is 0 Å². The summed E-state index contributed by atoms with van der Waals surface area (Å²) in [7, 11) is 0. The lowest BCUT2D eigenvalue weighted by molar-refractivity contribution is 0.141. The lowest BCUT2D eigenvalue weighted by atomic mass is 9.99. The zero-order valence-corrected chi connectivity index (χ0v) is 12.9. The van der Waals surface area contributed by atoms with Crippen LogP contribution in [0.25, 0.3) is 0 Å². The predicted molar refractivity (Wildman–Crippen MR) is 80.4 cm³/mol. The number of nitrogens with zero attached hydrogens (tertiary/aromatic N) is 1. The van der Waals surface area contributed by atoms with Crippen LogP contribution < -0.4 is 5.32 Å². The van der Waals surface area contributed by atoms with Gasteiger partial charge in [-0.15, -0.1) is 11.3 Å². The van der Waals surface area contributed by atoms with E-state index in [0.717, 1.165) is 6.54 Å². The molecule has 2 heterocycles. The maximum absolute atomic E-state index is 3.63. The second-order valence-corrected chi connectivity index (χ2v) is 6.53. The fraction of sp³-hybridized carbons (Fsp3) is 0.733. The van der Waals surface area contributed by atoms with Crippen LogP contribution in [-0.2, 0) is 6.42 Å². The summed E-state index contributed by atoms with van der Waals surface area (Å²) in [6.45, 7) is 11.5. The molecule has 0 amide bonds. The Labute approximate surface area is 115 Å². The minimum Gasteiger partial charge on any atom is -0.313 e. The Kier molecular flexibility index (Phi) is 4.82. The van der Waals surface area contributed by atoms with E-state index in [4.69, 9.17) is 0 Å². The van der Waals surface area contributed by atoms with Gasteiger partial charge in [0.25, 0.3) is 0 Å². The third kappa shape index (κ3) is 2.95. The molecule has 1 aliphatic rings. The van der Waals surface area contributed by atoms with Gasteiger partial charge in [-0.05, 0) is 50.6 Å². The van der Waals surface area contributed by atoms with E-state index in [9.17, 15) is 0 Å². The summed E-state index contributed by atoms with van der Waals surface area (Å²) in [4.78, 5) is 4.24. The molecule has 2 nitrogen and oxygen atoms in total. The van der Waals surface area contributed by atoms with Gasteiger partial charge in [0.1, 0.15) is 0 Å². The smallest absolute Gasteiger partial charge is 0.0334 e. The summed E-state index contributed by atoms with van der Waals surface area (Å²) in [5, 5.41) is 5.87. The van der Waals surface area contributed by atoms with Gasteiger partial charge in [0.2, 0.25) is 0 Å². The van der Waals surface area contributed by atoms with E-state index in [2.05, 4.69) is 49.4 Å². The van der Waals surface area contributed by atoms with Crippen LogP contribution in [0.4, 0.5) is 0 Å². The molecule has 1 aliphatic heterocycles. The first-order chi connectivity index (χ1) is 8.63. The fourth-order valence-electron chi connectivity index (χ4n) is 2.76. The Hall–Kier alpha value is -0.380. The molecule has 18 heavy (non-hydrogen) atoms. The molecule has 1 aromatic heterocycles. The van der Waals surface area contributed by atoms with Crippen molar-refractivity contribution in [3.8, 4) is 0 Å². The molecule has 0 aliphatic carbocycles. The van der Waals surface area contributed by atoms with E-state index in [1.54, 1.807) is 10.4 Å². The zero-order chi connectivity index (χ0) is 13.1. The Morgan fingerprint density at radius 2 is 2.28 bits per heavy atom. The van der Waals surface area contributed by atoms with E-state index in [1.807, 2.05) is 11.3 Å². The number of hydrogen-bond acceptors (Lipinski definition) is 3. The van der Waals surface area contributed by atoms with Gasteiger partial charge < -0.3 is 5.32 Å². The minimum absolute atomic E-state index is 0.578. The molecule has 102 valence electrons. The molecular formula is C15H26N2S. The maximum Gasteiger partial charge on any atom is 0.0334 e. The lowest BCUT2D eigenvalue weighted by Crippen LogP contribution is -2.46. The first kappa shape index (κ1) is 14.0. The van der Waals surface area contributed by atoms with E-state index < -0.39 is 0 Å². The number of thiophene rings is 1. The quantitative estimate of drug-likeness (QED) is 0.878. The highest BCUT2D eigenvalue weighted by molar-refractivity contribution is 7.10. The molecule has 0 fully saturated rings. The van der Waals surface area contributed by atoms with Crippen molar-refractivity contribution in [2.45, 2.75) is 58.7 Å². The average molecular weight is 266 g/mol. The second kappa shape index (κ2) is 6.18. The predicted octanol–water partition coefficient (Wildman–Crippen LogP) is 3.44. The molecule has 1 N–H and O–H groups in total. The Bertz CT molecular complexity index is 374. The van der Waals surface area contributed by atoms with Gasteiger partial charge in [-0.25, -0.2) is 0 Å². The first-order valence-electron chi connectivity index (χ1n) is 7.18. The number of fused-ring (bicyclic) bond motifs is 1. The molecule has 0 aromatic carbocycles. The van der Waals surface area contributed by atoms with Gasteiger partial charge >= 0.3 is 0 Å². The minimum atomic E-state index is 0.578. The van der Waals surface area contributed by atoms with Crippen LogP contribution >= 0.6 is 11.3 Å². The highest BCUT2D eigenvalue weighted by Gasteiger charge is 2.27. The molecule has 0 bridgehead atoms. The molecular weight excluding hydrogens is 240 g/mol. The number of nitrogens with one attached hydrogen (secondary N) is 1. The van der Waals surface area contributed by atoms with Crippen LogP contribution in [0.5, 0.6) is 0 Å². The van der Waals surface area contributed by atoms with E-state index >= 15 is 0 Å². The maximum atomic E-state index is 3.63. The summed E-state index contributed by atoms with van der Waals surface area (Å²) in [6.07, 6.45) is 2.43. The summed E-state index contributed by atoms with van der Waals surface area (Å²) < 4.78 is 0. The average Bonchev–Trinajstić information content (AvgIpc) is 2.85. The Morgan fingerprint density at radius 1 is 1.50 bits per heavy atom. The standard InChI is InChI=1S/C15H26N2S/c1-5-11(2)16-10-12(3)17-8-6-15-14(13(17)4)7-9-18-15/h7,9,11-13,16H,5-6,8,10H2,1-4H3. The highest BCUT2D eigenvalue weighted by Crippen LogP contribution is 2.33. The van der Waals surface area contributed by atoms with Gasteiger partial charge in [0.05, 0.1) is 0 Å². The third-order valence-corrected chi connectivity index (χ3v) is 5.26. The Balaban J connectivity index is 1.94. The molecule has 1 aromatic rings. The van der Waals surface area contributed by atoms with Gasteiger partial charge in [0.15, 0.2) is 0 Å². The molecule has 3 heteroatoms. The molecule has 0 saturated heterocycles. The van der Waals surface area contributed by atoms with Crippen LogP contribution in [0.2, 0.25) is 0 Å². The topological polar surface area (TPSA) is 15.3 Å². The first-order valence-corrected chi connectivity index (χ1v) is 8.06. The molecule has 0 saturated carbocycles. The van der Waals surface area contributed by atoms with Crippen molar-refractivity contribution in [3.05, 3.63) is 21.9 Å². The highest BCUT2D eigenvalue weighted by atomic mass is 32.1. The van der Waals surface area contributed by atoms with Crippen molar-refractivity contribution in [2.24, 2.45) is 0 Å². The van der Waals surface area contributed by atoms with Crippen LogP contribution in [0.3, 0.4) is 0 Å². The lowest BCUT2D eigenvalue weighted by Gasteiger charge is -2.38. The summed E-state index contributed by atoms with van der Waals surface area (Å²) in [6, 6.07) is 4.13. The van der Waals surface area contributed by atoms with Crippen molar-refractivity contribution < 1.29 is 0 Å². The molecule has 2 rings (SSSR count). The van der Waals surface area contributed by atoms with Gasteiger partial charge in [-0.1, -0.05) is 6.92 Å². The van der Waals surface area contributed by atoms with Crippen molar-refractivity contribution in [3.63, 3.8) is 0 Å². The van der Waals surface area contributed by atoms with Gasteiger partial charge in [-0.2, -0.15) is 0 Å². The van der Waals surface area contributed by atoms with E-state index in [0.29, 0.717) is 18.1 Å². The van der Waals surface area contributed by atoms with E-state index in [1.165, 1.54) is 19.4 Å². The monoisotopic (exact) mass is 266 g/mol. The van der Waals surface area contributed by atoms with Crippen molar-refractivity contribution in [2.75, 3.05) is 13.1 Å². The molecule has 3 unspecified atom stereocenters. The largest absolute Gasteiger partial charge is 0.313 e. The van der Waals surface area contributed by atoms with Gasteiger partial charge in [-0.3, -0.25) is 4.90 Å². The molecule has 0 radical (unpaired) electrons. The van der Waals surface area contributed by atoms with Crippen LogP contribution in [0.1, 0.15) is 50.6 Å². The summed E-state index contributed by atoms with van der Waals surface area (Å²) in [5.41, 5.74) is 1.56. The summed E-state index contributed by atoms with van der Waals surface area (Å²) in [5.74, 6) is 0. The van der Waals surface area contributed by atoms with Crippen molar-refractivity contribution in [1.82, 2.24) is 10.2 Å². The Morgan fingerprint density at radius 3 is 3.00 bits per heavy atom. The summed E-state index contributed by atoms with van der Waals surface area (Å²) >= 11 is 1.92. The normalized spacial score (nSPS) is 23.7. The van der Waals surface area contributed by atoms with Gasteiger partial charge in [0, 0.05) is 36.1 Å². The zero-order valence-electron chi connectivity index (χ0n) is 12.1. The SMILES string of the molecule is CCC(C)NCC(C)N1CCc2sccc2C1C. The molecule has 0 spiro atoms. The molecule has 3 atom stereocenters. The fourth-order valence-corrected chi connectivity index (χ4v) is 3.73. The van der Waals surface area contributed by atoms with Crippen LogP contribution in [0.15, 0.2) is 11.4 Å². The van der Waals surface area contributed by atoms with Crippen LogP contribution in [-0.4, -0.2) is 30.1 Å². The number of hydrogen-bond donors (Lipinski definition) is 1. The van der Waals surface area contributed by atoms with Crippen LogP contribution in [0, 0.1) is 0 Å². The van der Waals surface area contributed by atoms with E-state index in [-0.39, 0.29) is 0 Å².